The smallest absolute Gasteiger partial charge is 0.252 e. The number of fused-ring (bicyclic) bond motifs is 2. The number of hydrogen-bond donors (Lipinski definition) is 1. The van der Waals surface area contributed by atoms with Crippen molar-refractivity contribution in [1.29, 1.82) is 0 Å². The molecule has 200 valence electrons. The van der Waals surface area contributed by atoms with Crippen LogP contribution in [0.2, 0.25) is 0 Å². The van der Waals surface area contributed by atoms with Crippen molar-refractivity contribution in [2.45, 2.75) is 51.1 Å². The van der Waals surface area contributed by atoms with Gasteiger partial charge in [0.25, 0.3) is 5.91 Å². The first-order chi connectivity index (χ1) is 19.0. The zero-order valence-electron chi connectivity index (χ0n) is 22.6. The van der Waals surface area contributed by atoms with Crippen molar-refractivity contribution < 1.29 is 9.53 Å². The summed E-state index contributed by atoms with van der Waals surface area (Å²) in [4.78, 5) is 15.4. The van der Waals surface area contributed by atoms with Gasteiger partial charge in [0.1, 0.15) is 17.2 Å². The quantitative estimate of drug-likeness (QED) is 0.306. The van der Waals surface area contributed by atoms with E-state index in [1.54, 1.807) is 0 Å². The minimum Gasteiger partial charge on any atom is -0.457 e. The van der Waals surface area contributed by atoms with E-state index < -0.39 is 5.91 Å². The van der Waals surface area contributed by atoms with Crippen LogP contribution in [-0.4, -0.2) is 33.7 Å². The van der Waals surface area contributed by atoms with Crippen LogP contribution >= 0.6 is 0 Å². The van der Waals surface area contributed by atoms with E-state index in [1.807, 2.05) is 54.6 Å². The van der Waals surface area contributed by atoms with E-state index in [-0.39, 0.29) is 5.54 Å². The van der Waals surface area contributed by atoms with E-state index in [1.165, 1.54) is 5.56 Å². The highest BCUT2D eigenvalue weighted by molar-refractivity contribution is 6.00. The molecule has 3 aromatic carbocycles. The number of ether oxygens (including phenoxy) is 1. The monoisotopic (exact) mass is 520 g/mol. The summed E-state index contributed by atoms with van der Waals surface area (Å²) < 4.78 is 8.19. The minimum absolute atomic E-state index is 0.0831. The van der Waals surface area contributed by atoms with Crippen molar-refractivity contribution in [2.75, 3.05) is 13.1 Å². The number of nitrogens with zero attached hydrogens (tertiary/aromatic N) is 3. The highest BCUT2D eigenvalue weighted by atomic mass is 16.5. The molecule has 39 heavy (non-hydrogen) atoms. The van der Waals surface area contributed by atoms with Gasteiger partial charge in [-0.3, -0.25) is 14.4 Å². The van der Waals surface area contributed by atoms with Crippen molar-refractivity contribution in [3.05, 3.63) is 102 Å². The number of nitrogens with two attached hydrogens (primary N) is 1. The van der Waals surface area contributed by atoms with Gasteiger partial charge in [-0.1, -0.05) is 61.9 Å². The second-order valence-corrected chi connectivity index (χ2v) is 11.1. The van der Waals surface area contributed by atoms with Crippen molar-refractivity contribution in [1.82, 2.24) is 14.7 Å². The lowest BCUT2D eigenvalue weighted by molar-refractivity contribution is 0.0544. The average Bonchev–Trinajstić information content (AvgIpc) is 3.37. The summed E-state index contributed by atoms with van der Waals surface area (Å²) in [5, 5.41) is 5.17. The number of hydrogen-bond acceptors (Lipinski definition) is 4. The molecule has 1 unspecified atom stereocenters. The molecule has 1 spiro atoms. The Morgan fingerprint density at radius 1 is 0.949 bits per heavy atom. The van der Waals surface area contributed by atoms with Gasteiger partial charge in [0.05, 0.1) is 16.8 Å². The third-order valence-corrected chi connectivity index (χ3v) is 8.55. The maximum Gasteiger partial charge on any atom is 0.252 e. The van der Waals surface area contributed by atoms with E-state index in [0.717, 1.165) is 74.5 Å². The van der Waals surface area contributed by atoms with Crippen LogP contribution in [0.3, 0.4) is 0 Å². The van der Waals surface area contributed by atoms with Crippen LogP contribution in [0.25, 0.3) is 11.3 Å². The van der Waals surface area contributed by atoms with Crippen molar-refractivity contribution >= 4 is 5.91 Å². The number of primary amides is 1. The summed E-state index contributed by atoms with van der Waals surface area (Å²) in [7, 11) is 0. The highest BCUT2D eigenvalue weighted by Gasteiger charge is 2.45. The fourth-order valence-electron chi connectivity index (χ4n) is 6.44. The Hall–Kier alpha value is -3.90. The summed E-state index contributed by atoms with van der Waals surface area (Å²) in [6.45, 7) is 5.25. The third kappa shape index (κ3) is 5.09. The molecule has 2 N–H and O–H groups in total. The summed E-state index contributed by atoms with van der Waals surface area (Å²) in [5.41, 5.74) is 10.5. The summed E-state index contributed by atoms with van der Waals surface area (Å²) in [6, 6.07) is 28.2. The van der Waals surface area contributed by atoms with Crippen molar-refractivity contribution in [2.24, 2.45) is 11.7 Å². The Kier molecular flexibility index (Phi) is 6.96. The summed E-state index contributed by atoms with van der Waals surface area (Å²) in [6.07, 6.45) is 5.06. The lowest BCUT2D eigenvalue weighted by Crippen LogP contribution is -2.50. The number of rotatable bonds is 7. The first kappa shape index (κ1) is 25.4. The van der Waals surface area contributed by atoms with Gasteiger partial charge in [-0.2, -0.15) is 5.10 Å². The predicted molar refractivity (Wildman–Crippen MR) is 154 cm³/mol. The molecule has 1 atom stereocenters. The molecular formula is C33H36N4O2. The van der Waals surface area contributed by atoms with Gasteiger partial charge in [0.2, 0.25) is 0 Å². The third-order valence-electron chi connectivity index (χ3n) is 8.55. The molecule has 6 nitrogen and oxygen atoms in total. The first-order valence-electron chi connectivity index (χ1n) is 14.1. The molecular weight excluding hydrogens is 484 g/mol. The second-order valence-electron chi connectivity index (χ2n) is 11.1. The standard InChI is InChI=1S/C33H36N4O2/c1-2-24-21-29-30(32(34)38)31(26-13-15-28(16-14-26)39-27-11-7-4-8-12-27)35-37(29)33(22-24)17-19-36(20-18-33)23-25-9-5-3-6-10-25/h3-16,24H,2,17-23H2,1H3,(H2,34,38). The molecule has 6 heteroatoms. The molecule has 1 saturated heterocycles. The van der Waals surface area contributed by atoms with Crippen LogP contribution in [0, 0.1) is 5.92 Å². The average molecular weight is 521 g/mol. The maximum atomic E-state index is 12.9. The molecule has 2 aliphatic rings. The number of likely N-dealkylation sites (tertiary alicyclic amines) is 1. The molecule has 1 aromatic heterocycles. The fourth-order valence-corrected chi connectivity index (χ4v) is 6.44. The normalized spacial score (nSPS) is 18.5. The molecule has 6 rings (SSSR count). The summed E-state index contributed by atoms with van der Waals surface area (Å²) >= 11 is 0. The van der Waals surface area contributed by atoms with E-state index in [4.69, 9.17) is 15.6 Å². The van der Waals surface area contributed by atoms with Gasteiger partial charge >= 0.3 is 0 Å². The molecule has 1 amide bonds. The largest absolute Gasteiger partial charge is 0.457 e. The van der Waals surface area contributed by atoms with Crippen molar-refractivity contribution in [3.63, 3.8) is 0 Å². The second kappa shape index (κ2) is 10.7. The zero-order chi connectivity index (χ0) is 26.8. The number of amides is 1. The van der Waals surface area contributed by atoms with Gasteiger partial charge in [0.15, 0.2) is 0 Å². The topological polar surface area (TPSA) is 73.4 Å². The summed E-state index contributed by atoms with van der Waals surface area (Å²) in [5.74, 6) is 1.64. The number of benzene rings is 3. The molecule has 4 aromatic rings. The van der Waals surface area contributed by atoms with Gasteiger partial charge in [0, 0.05) is 25.2 Å². The fraction of sp³-hybridized carbons (Fsp3) is 0.333. The van der Waals surface area contributed by atoms with Crippen LogP contribution in [0.1, 0.15) is 54.2 Å². The Bertz CT molecular complexity index is 1420. The highest BCUT2D eigenvalue weighted by Crippen LogP contribution is 2.45. The van der Waals surface area contributed by atoms with E-state index in [2.05, 4.69) is 46.8 Å². The van der Waals surface area contributed by atoms with Crippen LogP contribution < -0.4 is 10.5 Å². The van der Waals surface area contributed by atoms with Crippen LogP contribution in [0.4, 0.5) is 0 Å². The van der Waals surface area contributed by atoms with Gasteiger partial charge in [-0.25, -0.2) is 0 Å². The predicted octanol–water partition coefficient (Wildman–Crippen LogP) is 6.41. The van der Waals surface area contributed by atoms with E-state index in [0.29, 0.717) is 17.2 Å². The Labute approximate surface area is 230 Å². The number of piperidine rings is 1. The van der Waals surface area contributed by atoms with Gasteiger partial charge < -0.3 is 10.5 Å². The molecule has 0 bridgehead atoms. The molecule has 0 aliphatic carbocycles. The number of aromatic nitrogens is 2. The Balaban J connectivity index is 1.30. The Morgan fingerprint density at radius 3 is 2.23 bits per heavy atom. The lowest BCUT2D eigenvalue weighted by Gasteiger charge is -2.47. The minimum atomic E-state index is -0.399. The van der Waals surface area contributed by atoms with E-state index >= 15 is 0 Å². The van der Waals surface area contributed by atoms with Crippen LogP contribution in [0.15, 0.2) is 84.9 Å². The zero-order valence-corrected chi connectivity index (χ0v) is 22.6. The van der Waals surface area contributed by atoms with Gasteiger partial charge in [-0.05, 0) is 73.6 Å². The van der Waals surface area contributed by atoms with Crippen LogP contribution in [-0.2, 0) is 18.5 Å². The molecule has 2 aliphatic heterocycles. The van der Waals surface area contributed by atoms with Gasteiger partial charge in [-0.15, -0.1) is 0 Å². The maximum absolute atomic E-state index is 12.9. The molecule has 1 fully saturated rings. The number of carbonyl (C=O) groups is 1. The molecule has 0 radical (unpaired) electrons. The first-order valence-corrected chi connectivity index (χ1v) is 14.1. The SMILES string of the molecule is CCC1Cc2c(C(N)=O)c(-c3ccc(Oc4ccccc4)cc3)nn2C2(CCN(Cc3ccccc3)CC2)C1. The van der Waals surface area contributed by atoms with Crippen molar-refractivity contribution in [3.8, 4) is 22.8 Å². The van der Waals surface area contributed by atoms with Crippen LogP contribution in [0.5, 0.6) is 11.5 Å². The van der Waals surface area contributed by atoms with E-state index in [9.17, 15) is 4.79 Å². The number of carbonyl (C=O) groups excluding carboxylic acids is 1. The molecule has 3 heterocycles. The Morgan fingerprint density at radius 2 is 1.59 bits per heavy atom. The lowest BCUT2D eigenvalue weighted by atomic mass is 9.74. The molecule has 0 saturated carbocycles. The number of para-hydroxylation sites is 1.